The fourth-order valence-electron chi connectivity index (χ4n) is 4.19. The Kier molecular flexibility index (Phi) is 7.22. The van der Waals surface area contributed by atoms with Crippen LogP contribution in [0.4, 0.5) is 4.79 Å². The zero-order valence-corrected chi connectivity index (χ0v) is 19.5. The highest BCUT2D eigenvalue weighted by molar-refractivity contribution is 7.09. The number of likely N-dealkylation sites (N-methyl/N-ethyl adjacent to an activating group) is 1. The van der Waals surface area contributed by atoms with E-state index in [1.807, 2.05) is 53.9 Å². The van der Waals surface area contributed by atoms with Gasteiger partial charge in [0.25, 0.3) is 0 Å². The zero-order valence-electron chi connectivity index (χ0n) is 18.6. The maximum Gasteiger partial charge on any atom is 0.407 e. The molecule has 0 bridgehead atoms. The van der Waals surface area contributed by atoms with Crippen LogP contribution in [0.25, 0.3) is 11.1 Å². The van der Waals surface area contributed by atoms with Gasteiger partial charge in [0.1, 0.15) is 17.7 Å². The van der Waals surface area contributed by atoms with Gasteiger partial charge in [-0.3, -0.25) is 9.59 Å². The number of aliphatic carboxylic acids is 1. The van der Waals surface area contributed by atoms with Crippen LogP contribution in [0.5, 0.6) is 0 Å². The van der Waals surface area contributed by atoms with Crippen molar-refractivity contribution in [3.8, 4) is 11.1 Å². The fraction of sp³-hybridized carbons (Fsp3) is 0.280. The molecule has 2 N–H and O–H groups in total. The van der Waals surface area contributed by atoms with E-state index in [-0.39, 0.29) is 31.9 Å². The molecule has 1 aliphatic carbocycles. The van der Waals surface area contributed by atoms with Crippen molar-refractivity contribution in [1.29, 1.82) is 0 Å². The number of hydrogen-bond acceptors (Lipinski definition) is 6. The number of benzene rings is 2. The Bertz CT molecular complexity index is 1140. The molecular weight excluding hydrogens is 454 g/mol. The van der Waals surface area contributed by atoms with Gasteiger partial charge in [-0.15, -0.1) is 11.3 Å². The second kappa shape index (κ2) is 10.5. The van der Waals surface area contributed by atoms with E-state index < -0.39 is 24.0 Å². The molecular formula is C25H25N3O5S. The highest BCUT2D eigenvalue weighted by Gasteiger charge is 2.30. The van der Waals surface area contributed by atoms with Crippen LogP contribution in [-0.2, 0) is 20.9 Å². The van der Waals surface area contributed by atoms with Gasteiger partial charge in [0, 0.05) is 31.0 Å². The third kappa shape index (κ3) is 5.26. The predicted octanol–water partition coefficient (Wildman–Crippen LogP) is 3.87. The van der Waals surface area contributed by atoms with Crippen LogP contribution in [-0.4, -0.2) is 52.7 Å². The molecule has 0 aliphatic heterocycles. The Morgan fingerprint density at radius 2 is 1.76 bits per heavy atom. The zero-order chi connectivity index (χ0) is 24.1. The summed E-state index contributed by atoms with van der Waals surface area (Å²) in [5.41, 5.74) is 4.40. The summed E-state index contributed by atoms with van der Waals surface area (Å²) < 4.78 is 5.53. The van der Waals surface area contributed by atoms with Gasteiger partial charge in [0.15, 0.2) is 0 Å². The standard InChI is InChI=1S/C25H25N3O5S/c1-28(14-22-26-12-13-34-22)24(31)21(10-11-23(29)30)27-25(32)33-15-20-18-8-4-2-6-16(18)17-7-3-5-9-19(17)20/h2-9,12-13,20-21H,10-11,14-15H2,1H3,(H,27,32)(H,29,30). The number of thiazole rings is 1. The Hall–Kier alpha value is -3.72. The fourth-order valence-corrected chi connectivity index (χ4v) is 4.85. The normalized spacial score (nSPS) is 13.0. The number of carboxylic acids is 1. The maximum atomic E-state index is 12.9. The molecule has 2 aromatic carbocycles. The van der Waals surface area contributed by atoms with Gasteiger partial charge in [-0.2, -0.15) is 0 Å². The molecule has 0 fully saturated rings. The van der Waals surface area contributed by atoms with E-state index in [1.165, 1.54) is 16.2 Å². The quantitative estimate of drug-likeness (QED) is 0.482. The predicted molar refractivity (Wildman–Crippen MR) is 127 cm³/mol. The van der Waals surface area contributed by atoms with Gasteiger partial charge in [-0.25, -0.2) is 9.78 Å². The molecule has 0 spiro atoms. The summed E-state index contributed by atoms with van der Waals surface area (Å²) in [7, 11) is 1.59. The molecule has 1 atom stereocenters. The third-order valence-corrected chi connectivity index (χ3v) is 6.58. The number of fused-ring (bicyclic) bond motifs is 3. The van der Waals surface area contributed by atoms with E-state index in [0.29, 0.717) is 0 Å². The molecule has 0 saturated heterocycles. The summed E-state index contributed by atoms with van der Waals surface area (Å²) in [5, 5.41) is 14.2. The van der Waals surface area contributed by atoms with Crippen LogP contribution in [0.3, 0.4) is 0 Å². The van der Waals surface area contributed by atoms with Crippen molar-refractivity contribution in [3.05, 3.63) is 76.2 Å². The number of nitrogens with zero attached hydrogens (tertiary/aromatic N) is 2. The number of hydrogen-bond donors (Lipinski definition) is 2. The minimum Gasteiger partial charge on any atom is -0.481 e. The molecule has 3 aromatic rings. The molecule has 0 radical (unpaired) electrons. The molecule has 176 valence electrons. The van der Waals surface area contributed by atoms with Gasteiger partial charge >= 0.3 is 12.1 Å². The summed E-state index contributed by atoms with van der Waals surface area (Å²) in [6.45, 7) is 0.376. The minimum absolute atomic E-state index is 0.0411. The first kappa shape index (κ1) is 23.4. The summed E-state index contributed by atoms with van der Waals surface area (Å²) in [6, 6.07) is 15.0. The molecule has 2 amide bonds. The lowest BCUT2D eigenvalue weighted by molar-refractivity contribution is -0.138. The number of carbonyl (C=O) groups is 3. The van der Waals surface area contributed by atoms with E-state index in [9.17, 15) is 14.4 Å². The van der Waals surface area contributed by atoms with Gasteiger partial charge in [-0.1, -0.05) is 48.5 Å². The van der Waals surface area contributed by atoms with E-state index >= 15 is 0 Å². The highest BCUT2D eigenvalue weighted by Crippen LogP contribution is 2.44. The van der Waals surface area contributed by atoms with Crippen LogP contribution in [0.2, 0.25) is 0 Å². The monoisotopic (exact) mass is 479 g/mol. The Morgan fingerprint density at radius 1 is 1.12 bits per heavy atom. The summed E-state index contributed by atoms with van der Waals surface area (Å²) in [5.74, 6) is -1.56. The van der Waals surface area contributed by atoms with Crippen LogP contribution >= 0.6 is 11.3 Å². The number of aromatic nitrogens is 1. The minimum atomic E-state index is -1.05. The number of ether oxygens (including phenoxy) is 1. The molecule has 0 saturated carbocycles. The maximum absolute atomic E-state index is 12.9. The highest BCUT2D eigenvalue weighted by atomic mass is 32.1. The lowest BCUT2D eigenvalue weighted by Gasteiger charge is -2.24. The lowest BCUT2D eigenvalue weighted by Crippen LogP contribution is -2.47. The van der Waals surface area contributed by atoms with Gasteiger partial charge in [0.2, 0.25) is 5.91 Å². The molecule has 9 heteroatoms. The van der Waals surface area contributed by atoms with Gasteiger partial charge in [-0.05, 0) is 28.7 Å². The molecule has 4 rings (SSSR count). The van der Waals surface area contributed by atoms with Crippen LogP contribution < -0.4 is 5.32 Å². The van der Waals surface area contributed by atoms with Gasteiger partial charge in [0.05, 0.1) is 6.54 Å². The Morgan fingerprint density at radius 3 is 2.35 bits per heavy atom. The smallest absolute Gasteiger partial charge is 0.407 e. The Balaban J connectivity index is 1.41. The first-order valence-electron chi connectivity index (χ1n) is 10.9. The van der Waals surface area contributed by atoms with Crippen molar-refractivity contribution in [2.24, 2.45) is 0 Å². The van der Waals surface area contributed by atoms with Crippen LogP contribution in [0.1, 0.15) is 34.9 Å². The summed E-state index contributed by atoms with van der Waals surface area (Å²) >= 11 is 1.41. The summed E-state index contributed by atoms with van der Waals surface area (Å²) in [6.07, 6.45) is 0.592. The van der Waals surface area contributed by atoms with Crippen molar-refractivity contribution in [1.82, 2.24) is 15.2 Å². The van der Waals surface area contributed by atoms with E-state index in [0.717, 1.165) is 27.3 Å². The number of carboxylic acid groups (broad SMARTS) is 1. The number of nitrogens with one attached hydrogen (secondary N) is 1. The van der Waals surface area contributed by atoms with Crippen molar-refractivity contribution < 1.29 is 24.2 Å². The van der Waals surface area contributed by atoms with Crippen molar-refractivity contribution in [3.63, 3.8) is 0 Å². The van der Waals surface area contributed by atoms with Crippen LogP contribution in [0.15, 0.2) is 60.1 Å². The van der Waals surface area contributed by atoms with E-state index in [1.54, 1.807) is 13.2 Å². The van der Waals surface area contributed by atoms with Crippen molar-refractivity contribution >= 4 is 29.3 Å². The average molecular weight is 480 g/mol. The van der Waals surface area contributed by atoms with Gasteiger partial charge < -0.3 is 20.1 Å². The van der Waals surface area contributed by atoms with E-state index in [2.05, 4.69) is 10.3 Å². The number of carbonyl (C=O) groups excluding carboxylic acids is 2. The molecule has 34 heavy (non-hydrogen) atoms. The van der Waals surface area contributed by atoms with Crippen LogP contribution in [0, 0.1) is 0 Å². The molecule has 8 nitrogen and oxygen atoms in total. The summed E-state index contributed by atoms with van der Waals surface area (Å²) in [4.78, 5) is 42.3. The van der Waals surface area contributed by atoms with Crippen molar-refractivity contribution in [2.45, 2.75) is 31.3 Å². The van der Waals surface area contributed by atoms with E-state index in [4.69, 9.17) is 9.84 Å². The lowest BCUT2D eigenvalue weighted by atomic mass is 9.98. The second-order valence-corrected chi connectivity index (χ2v) is 9.05. The largest absolute Gasteiger partial charge is 0.481 e. The molecule has 1 aliphatic rings. The Labute approximate surface area is 201 Å². The number of alkyl carbamates (subject to hydrolysis) is 1. The molecule has 1 heterocycles. The first-order valence-corrected chi connectivity index (χ1v) is 11.8. The van der Waals surface area contributed by atoms with Crippen molar-refractivity contribution in [2.75, 3.05) is 13.7 Å². The number of rotatable bonds is 9. The second-order valence-electron chi connectivity index (χ2n) is 8.08. The topological polar surface area (TPSA) is 109 Å². The third-order valence-electron chi connectivity index (χ3n) is 5.81. The number of amides is 2. The SMILES string of the molecule is CN(Cc1nccs1)C(=O)C(CCC(=O)O)NC(=O)OCC1c2ccccc2-c2ccccc21. The molecule has 1 aromatic heterocycles. The first-order chi connectivity index (χ1) is 16.4. The molecule has 1 unspecified atom stereocenters. The average Bonchev–Trinajstić information content (AvgIpc) is 3.46.